The van der Waals surface area contributed by atoms with E-state index in [9.17, 15) is 0 Å². The molecule has 0 nitrogen and oxygen atoms in total. The third kappa shape index (κ3) is 7.92. The number of rotatable bonds is 0. The fourth-order valence-electron chi connectivity index (χ4n) is 13.3. The van der Waals surface area contributed by atoms with E-state index in [0.29, 0.717) is 0 Å². The third-order valence-corrected chi connectivity index (χ3v) is 17.0. The fraction of sp³-hybridized carbons (Fsp3) is 0. The smallest absolute Gasteiger partial charge is 0.0327 e. The van der Waals surface area contributed by atoms with E-state index in [1.165, 1.54) is 75.4 Å². The van der Waals surface area contributed by atoms with Crippen molar-refractivity contribution in [3.63, 3.8) is 0 Å². The second-order valence-electron chi connectivity index (χ2n) is 21.5. The Hall–Kier alpha value is -11.5. The zero-order valence-electron chi connectivity index (χ0n) is 45.7. The zero-order valence-corrected chi connectivity index (χ0v) is 45.7. The van der Waals surface area contributed by atoms with Crippen molar-refractivity contribution in [2.75, 3.05) is 0 Å². The molecule has 17 rings (SSSR count). The van der Waals surface area contributed by atoms with Crippen LogP contribution in [-0.4, -0.2) is 0 Å². The Kier molecular flexibility index (Phi) is 11.7. The van der Waals surface area contributed by atoms with Crippen molar-refractivity contribution in [1.29, 1.82) is 0 Å². The van der Waals surface area contributed by atoms with Crippen LogP contribution in [0.1, 0.15) is 0 Å². The minimum Gasteiger partial charge on any atom is -0.0616 e. The minimum atomic E-state index is 0.924. The largest absolute Gasteiger partial charge is 0.0616 e. The van der Waals surface area contributed by atoms with Crippen LogP contribution in [0.4, 0.5) is 0 Å². The summed E-state index contributed by atoms with van der Waals surface area (Å²) in [5.41, 5.74) is 0. The van der Waals surface area contributed by atoms with Gasteiger partial charge in [-0.3, -0.25) is 0 Å². The van der Waals surface area contributed by atoms with Crippen LogP contribution in [0.25, 0.3) is 162 Å². The van der Waals surface area contributed by atoms with Crippen LogP contribution in [0.15, 0.2) is 291 Å². The Labute approximate surface area is 486 Å². The fourth-order valence-corrected chi connectivity index (χ4v) is 13.3. The quantitative estimate of drug-likeness (QED) is 0.105. The summed E-state index contributed by atoms with van der Waals surface area (Å²) in [4.78, 5) is 0. The van der Waals surface area contributed by atoms with Crippen molar-refractivity contribution in [1.82, 2.24) is 0 Å². The van der Waals surface area contributed by atoms with Gasteiger partial charge in [-0.1, -0.05) is 291 Å². The molecule has 0 spiro atoms. The first-order valence-corrected chi connectivity index (χ1v) is 28.7. The van der Waals surface area contributed by atoms with Crippen LogP contribution >= 0.6 is 0 Å². The molecule has 0 aliphatic rings. The van der Waals surface area contributed by atoms with Crippen LogP contribution in [0, 0.1) is 36.4 Å². The molecule has 2 bridgehead atoms. The molecule has 0 fully saturated rings. The van der Waals surface area contributed by atoms with Gasteiger partial charge in [0, 0.05) is 32.3 Å². The number of benzene rings is 15. The highest BCUT2D eigenvalue weighted by molar-refractivity contribution is 6.50. The summed E-state index contributed by atoms with van der Waals surface area (Å²) >= 11 is 0. The third-order valence-electron chi connectivity index (χ3n) is 17.0. The van der Waals surface area contributed by atoms with Gasteiger partial charge in [0.25, 0.3) is 0 Å². The summed E-state index contributed by atoms with van der Waals surface area (Å²) in [5, 5.41) is 33.2. The van der Waals surface area contributed by atoms with Crippen molar-refractivity contribution >= 4 is 162 Å². The maximum atomic E-state index is 3.77. The predicted molar refractivity (Wildman–Crippen MR) is 361 cm³/mol. The van der Waals surface area contributed by atoms with E-state index in [-0.39, 0.29) is 0 Å². The van der Waals surface area contributed by atoms with Crippen LogP contribution in [-0.2, 0) is 0 Å². The van der Waals surface area contributed by atoms with Gasteiger partial charge in [0.2, 0.25) is 0 Å². The highest BCUT2D eigenvalue weighted by Gasteiger charge is 2.22. The molecule has 384 valence electrons. The van der Waals surface area contributed by atoms with Crippen LogP contribution in [0.2, 0.25) is 0 Å². The van der Waals surface area contributed by atoms with E-state index in [1.807, 2.05) is 0 Å². The maximum Gasteiger partial charge on any atom is 0.0327 e. The molecule has 0 saturated carbocycles. The van der Waals surface area contributed by atoms with E-state index in [4.69, 9.17) is 0 Å². The SMILES string of the molecule is c1c2ccccc2c2ccccc2c#cc2ccccc2c2ccccc2c2c3c4ccccc4c4ccccc4c3c(c3ccccc3c3ccccc3c#cc3ccccc3c3ccccc3c#1)c1c3ccccc3c3ccccc3c21. The van der Waals surface area contributed by atoms with Gasteiger partial charge in [0.1, 0.15) is 0 Å². The first-order valence-electron chi connectivity index (χ1n) is 28.7. The first-order chi connectivity index (χ1) is 41.7. The monoisotopic (exact) mass is 1060 g/mol. The molecule has 0 amide bonds. The lowest BCUT2D eigenvalue weighted by molar-refractivity contribution is 1.78. The minimum absolute atomic E-state index is 0.924. The summed E-state index contributed by atoms with van der Waals surface area (Å²) in [6.45, 7) is 0. The number of hydrogen-bond donors (Lipinski definition) is 0. The van der Waals surface area contributed by atoms with E-state index < -0.39 is 0 Å². The molecule has 0 heterocycles. The first kappa shape index (κ1) is 48.4. The van der Waals surface area contributed by atoms with Gasteiger partial charge in [-0.05, 0) is 166 Å². The van der Waals surface area contributed by atoms with E-state index in [0.717, 1.165) is 86.2 Å². The topological polar surface area (TPSA) is 0 Å². The molecular weight excluding hydrogens is 1010 g/mol. The summed E-state index contributed by atoms with van der Waals surface area (Å²) in [6, 6.07) is 128. The Morgan fingerprint density at radius 3 is 0.381 bits per heavy atom. The standard InChI is InChI=1S/C84H48/c1-7-31-61-55(25-1)49-50-56-26-2-8-32-62(56)64-34-10-4-28-58(64)52-54-60-30-6-12-36-66(60)68-38-14-20-44-74(68)80-83-77-47-23-17-41-71(77)69-39-15-21-45-75(69)81(83)79(82-76-46-22-16-40-70(76)72-42-18-24-48-78(72)84(80)82)73-43-19-13-37-67(73)65-35-11-5-29-59(65)53-51-57-27-3-9-33-63(57)61/h1-48H. The molecule has 84 heavy (non-hydrogen) atoms. The highest BCUT2D eigenvalue weighted by Crippen LogP contribution is 2.51. The molecule has 0 atom stereocenters. The molecule has 0 aliphatic heterocycles. The van der Waals surface area contributed by atoms with Crippen molar-refractivity contribution in [3.05, 3.63) is 328 Å². The van der Waals surface area contributed by atoms with Crippen LogP contribution in [0.5, 0.6) is 0 Å². The Morgan fingerprint density at radius 1 is 0.107 bits per heavy atom. The van der Waals surface area contributed by atoms with Gasteiger partial charge >= 0.3 is 0 Å². The summed E-state index contributed by atoms with van der Waals surface area (Å²) in [7, 11) is 0. The van der Waals surface area contributed by atoms with Gasteiger partial charge < -0.3 is 0 Å². The number of hydrogen-bond acceptors (Lipinski definition) is 0. The summed E-state index contributed by atoms with van der Waals surface area (Å²) in [6.07, 6.45) is 0. The van der Waals surface area contributed by atoms with E-state index >= 15 is 0 Å². The highest BCUT2D eigenvalue weighted by atomic mass is 14.2. The van der Waals surface area contributed by atoms with Gasteiger partial charge in [-0.15, -0.1) is 0 Å². The van der Waals surface area contributed by atoms with Crippen molar-refractivity contribution < 1.29 is 0 Å². The maximum absolute atomic E-state index is 3.77. The van der Waals surface area contributed by atoms with Crippen LogP contribution < -0.4 is 0 Å². The molecule has 17 aromatic carbocycles. The Bertz CT molecular complexity index is 5310. The average molecular weight is 1060 g/mol. The lowest BCUT2D eigenvalue weighted by Gasteiger charge is -2.21. The van der Waals surface area contributed by atoms with Gasteiger partial charge in [-0.25, -0.2) is 0 Å². The molecule has 0 N–H and O–H groups in total. The molecule has 0 aromatic heterocycles. The molecular formula is C84H48. The molecule has 0 heteroatoms. The second kappa shape index (κ2) is 20.3. The lowest BCUT2D eigenvalue weighted by atomic mass is 9.82. The lowest BCUT2D eigenvalue weighted by Crippen LogP contribution is -1.92. The average Bonchev–Trinajstić information content (AvgIpc) is 2.57. The molecule has 0 unspecified atom stereocenters. The van der Waals surface area contributed by atoms with Crippen molar-refractivity contribution in [2.24, 2.45) is 0 Å². The van der Waals surface area contributed by atoms with Gasteiger partial charge in [-0.2, -0.15) is 0 Å². The Morgan fingerprint density at radius 2 is 0.214 bits per heavy atom. The van der Waals surface area contributed by atoms with E-state index in [2.05, 4.69) is 328 Å². The van der Waals surface area contributed by atoms with Crippen molar-refractivity contribution in [3.8, 4) is 0 Å². The van der Waals surface area contributed by atoms with E-state index in [1.54, 1.807) is 0 Å². The summed E-state index contributed by atoms with van der Waals surface area (Å²) < 4.78 is 0. The molecule has 0 aliphatic carbocycles. The zero-order chi connectivity index (χ0) is 55.5. The van der Waals surface area contributed by atoms with Crippen LogP contribution in [0.3, 0.4) is 0 Å². The molecule has 0 radical (unpaired) electrons. The molecule has 0 saturated heterocycles. The second-order valence-corrected chi connectivity index (χ2v) is 21.5. The van der Waals surface area contributed by atoms with Gasteiger partial charge in [0.15, 0.2) is 0 Å². The van der Waals surface area contributed by atoms with Gasteiger partial charge in [0.05, 0.1) is 0 Å². The number of fused-ring (bicyclic) bond motifs is 6. The normalized spacial score (nSPS) is 11.3. The predicted octanol–water partition coefficient (Wildman–Crippen LogP) is 22.8. The summed E-state index contributed by atoms with van der Waals surface area (Å²) in [5.74, 6) is 0. The molecule has 17 aromatic rings. The Balaban J connectivity index is 1.25. The van der Waals surface area contributed by atoms with Crippen molar-refractivity contribution in [2.45, 2.75) is 0 Å².